The molecule has 1 saturated heterocycles. The molecule has 1 aromatic rings. The molecule has 2 rings (SSSR count). The van der Waals surface area contributed by atoms with Crippen molar-refractivity contribution in [1.82, 2.24) is 4.90 Å². The Bertz CT molecular complexity index is 384. The Hall–Kier alpha value is -1.35. The van der Waals surface area contributed by atoms with Gasteiger partial charge in [0.05, 0.1) is 6.54 Å². The third-order valence-electron chi connectivity index (χ3n) is 3.12. The minimum absolute atomic E-state index is 0.0949. The zero-order valence-corrected chi connectivity index (χ0v) is 10.4. The maximum Gasteiger partial charge on any atom is 0.238 e. The molecule has 0 aliphatic carbocycles. The van der Waals surface area contributed by atoms with Crippen LogP contribution in [0.25, 0.3) is 0 Å². The first kappa shape index (κ1) is 12.1. The van der Waals surface area contributed by atoms with Crippen molar-refractivity contribution in [3.63, 3.8) is 0 Å². The Morgan fingerprint density at radius 2 is 2.06 bits per heavy atom. The van der Waals surface area contributed by atoms with E-state index in [1.165, 1.54) is 24.8 Å². The Morgan fingerprint density at radius 3 is 2.76 bits per heavy atom. The predicted octanol–water partition coefficient (Wildman–Crippen LogP) is 2.42. The van der Waals surface area contributed by atoms with Crippen LogP contribution in [-0.4, -0.2) is 30.4 Å². The molecule has 1 fully saturated rings. The van der Waals surface area contributed by atoms with E-state index < -0.39 is 0 Å². The second-order valence-electron chi connectivity index (χ2n) is 4.75. The number of aryl methyl sites for hydroxylation is 1. The Morgan fingerprint density at radius 1 is 1.29 bits per heavy atom. The van der Waals surface area contributed by atoms with E-state index >= 15 is 0 Å². The molecule has 1 aromatic carbocycles. The van der Waals surface area contributed by atoms with Gasteiger partial charge < -0.3 is 5.32 Å². The number of carbonyl (C=O) groups is 1. The van der Waals surface area contributed by atoms with Crippen molar-refractivity contribution in [2.75, 3.05) is 25.0 Å². The number of carbonyl (C=O) groups excluding carboxylic acids is 1. The molecule has 3 heteroatoms. The van der Waals surface area contributed by atoms with Crippen LogP contribution in [0.4, 0.5) is 5.69 Å². The highest BCUT2D eigenvalue weighted by molar-refractivity contribution is 5.92. The molecule has 0 unspecified atom stereocenters. The molecule has 0 spiro atoms. The van der Waals surface area contributed by atoms with Gasteiger partial charge in [-0.1, -0.05) is 18.6 Å². The molecule has 1 heterocycles. The monoisotopic (exact) mass is 232 g/mol. The van der Waals surface area contributed by atoms with E-state index in [0.29, 0.717) is 6.54 Å². The third-order valence-corrected chi connectivity index (χ3v) is 3.12. The number of amides is 1. The van der Waals surface area contributed by atoms with E-state index in [1.807, 2.05) is 31.2 Å². The highest BCUT2D eigenvalue weighted by Gasteiger charge is 2.13. The number of hydrogen-bond acceptors (Lipinski definition) is 2. The topological polar surface area (TPSA) is 32.3 Å². The van der Waals surface area contributed by atoms with Gasteiger partial charge in [-0.25, -0.2) is 0 Å². The summed E-state index contributed by atoms with van der Waals surface area (Å²) >= 11 is 0. The number of anilines is 1. The fourth-order valence-corrected chi connectivity index (χ4v) is 2.24. The summed E-state index contributed by atoms with van der Waals surface area (Å²) in [5.74, 6) is 0.0949. The van der Waals surface area contributed by atoms with Gasteiger partial charge in [0.1, 0.15) is 0 Å². The van der Waals surface area contributed by atoms with Crippen molar-refractivity contribution in [3.05, 3.63) is 29.8 Å². The van der Waals surface area contributed by atoms with Crippen LogP contribution in [0.2, 0.25) is 0 Å². The molecule has 0 radical (unpaired) electrons. The third kappa shape index (κ3) is 3.86. The summed E-state index contributed by atoms with van der Waals surface area (Å²) in [7, 11) is 0. The smallest absolute Gasteiger partial charge is 0.238 e. The van der Waals surface area contributed by atoms with Gasteiger partial charge in [0.25, 0.3) is 0 Å². The minimum atomic E-state index is 0.0949. The van der Waals surface area contributed by atoms with Crippen LogP contribution in [0.1, 0.15) is 24.8 Å². The molecule has 0 bridgehead atoms. The molecule has 1 aliphatic rings. The van der Waals surface area contributed by atoms with Gasteiger partial charge in [0.2, 0.25) is 5.91 Å². The van der Waals surface area contributed by atoms with Gasteiger partial charge in [0, 0.05) is 5.69 Å². The Labute approximate surface area is 103 Å². The number of rotatable bonds is 3. The second-order valence-corrected chi connectivity index (χ2v) is 4.75. The average molecular weight is 232 g/mol. The predicted molar refractivity (Wildman–Crippen MR) is 70.1 cm³/mol. The zero-order valence-electron chi connectivity index (χ0n) is 10.4. The van der Waals surface area contributed by atoms with Crippen molar-refractivity contribution < 1.29 is 4.79 Å². The summed E-state index contributed by atoms with van der Waals surface area (Å²) in [6.45, 7) is 4.66. The lowest BCUT2D eigenvalue weighted by atomic mass is 10.1. The molecule has 0 aromatic heterocycles. The van der Waals surface area contributed by atoms with E-state index in [-0.39, 0.29) is 5.91 Å². The van der Waals surface area contributed by atoms with Crippen molar-refractivity contribution in [2.24, 2.45) is 0 Å². The van der Waals surface area contributed by atoms with Crippen LogP contribution in [0.3, 0.4) is 0 Å². The normalized spacial score (nSPS) is 16.8. The first-order chi connectivity index (χ1) is 8.24. The molecule has 17 heavy (non-hydrogen) atoms. The lowest BCUT2D eigenvalue weighted by molar-refractivity contribution is -0.117. The Balaban J connectivity index is 1.84. The maximum absolute atomic E-state index is 11.8. The van der Waals surface area contributed by atoms with Gasteiger partial charge in [-0.05, 0) is 50.6 Å². The standard InChI is InChI=1S/C14H20N2O/c1-12-6-5-7-13(10-12)15-14(17)11-16-8-3-2-4-9-16/h5-7,10H,2-4,8-9,11H2,1H3,(H,15,17). The van der Waals surface area contributed by atoms with Crippen LogP contribution >= 0.6 is 0 Å². The molecule has 0 atom stereocenters. The summed E-state index contributed by atoms with van der Waals surface area (Å²) in [5, 5.41) is 2.95. The van der Waals surface area contributed by atoms with Gasteiger partial charge >= 0.3 is 0 Å². The number of nitrogens with one attached hydrogen (secondary N) is 1. The number of hydrogen-bond donors (Lipinski definition) is 1. The van der Waals surface area contributed by atoms with Gasteiger partial charge in [-0.15, -0.1) is 0 Å². The number of likely N-dealkylation sites (tertiary alicyclic amines) is 1. The van der Waals surface area contributed by atoms with Gasteiger partial charge in [-0.3, -0.25) is 9.69 Å². The van der Waals surface area contributed by atoms with Crippen LogP contribution in [0, 0.1) is 6.92 Å². The van der Waals surface area contributed by atoms with Crippen molar-refractivity contribution in [2.45, 2.75) is 26.2 Å². The number of benzene rings is 1. The quantitative estimate of drug-likeness (QED) is 0.868. The van der Waals surface area contributed by atoms with Crippen molar-refractivity contribution in [1.29, 1.82) is 0 Å². The first-order valence-corrected chi connectivity index (χ1v) is 6.33. The minimum Gasteiger partial charge on any atom is -0.325 e. The molecule has 1 amide bonds. The van der Waals surface area contributed by atoms with E-state index in [1.54, 1.807) is 0 Å². The molecule has 3 nitrogen and oxygen atoms in total. The molecule has 92 valence electrons. The molecule has 1 aliphatic heterocycles. The molecular formula is C14H20N2O. The second kappa shape index (κ2) is 5.82. The summed E-state index contributed by atoms with van der Waals surface area (Å²) in [4.78, 5) is 14.1. The Kier molecular flexibility index (Phi) is 4.15. The van der Waals surface area contributed by atoms with Crippen LogP contribution in [0.5, 0.6) is 0 Å². The van der Waals surface area contributed by atoms with E-state index in [2.05, 4.69) is 10.2 Å². The summed E-state index contributed by atoms with van der Waals surface area (Å²) in [5.41, 5.74) is 2.06. The summed E-state index contributed by atoms with van der Waals surface area (Å²) < 4.78 is 0. The highest BCUT2D eigenvalue weighted by Crippen LogP contribution is 2.11. The van der Waals surface area contributed by atoms with Gasteiger partial charge in [0.15, 0.2) is 0 Å². The van der Waals surface area contributed by atoms with E-state index in [9.17, 15) is 4.79 Å². The summed E-state index contributed by atoms with van der Waals surface area (Å²) in [6.07, 6.45) is 3.74. The SMILES string of the molecule is Cc1cccc(NC(=O)CN2CCCCC2)c1. The van der Waals surface area contributed by atoms with Crippen LogP contribution < -0.4 is 5.32 Å². The lowest BCUT2D eigenvalue weighted by Gasteiger charge is -2.25. The molecule has 1 N–H and O–H groups in total. The highest BCUT2D eigenvalue weighted by atomic mass is 16.2. The fraction of sp³-hybridized carbons (Fsp3) is 0.500. The number of piperidine rings is 1. The van der Waals surface area contributed by atoms with Gasteiger partial charge in [-0.2, -0.15) is 0 Å². The van der Waals surface area contributed by atoms with Crippen LogP contribution in [-0.2, 0) is 4.79 Å². The maximum atomic E-state index is 11.8. The first-order valence-electron chi connectivity index (χ1n) is 6.33. The van der Waals surface area contributed by atoms with Crippen molar-refractivity contribution in [3.8, 4) is 0 Å². The fourth-order valence-electron chi connectivity index (χ4n) is 2.24. The van der Waals surface area contributed by atoms with E-state index in [0.717, 1.165) is 18.8 Å². The lowest BCUT2D eigenvalue weighted by Crippen LogP contribution is -2.36. The van der Waals surface area contributed by atoms with Crippen molar-refractivity contribution >= 4 is 11.6 Å². The largest absolute Gasteiger partial charge is 0.325 e. The van der Waals surface area contributed by atoms with E-state index in [4.69, 9.17) is 0 Å². The zero-order chi connectivity index (χ0) is 12.1. The summed E-state index contributed by atoms with van der Waals surface area (Å²) in [6, 6.07) is 7.92. The molecule has 0 saturated carbocycles. The molecular weight excluding hydrogens is 212 g/mol. The average Bonchev–Trinajstić information content (AvgIpc) is 2.30. The number of nitrogens with zero attached hydrogens (tertiary/aromatic N) is 1. The van der Waals surface area contributed by atoms with Crippen LogP contribution in [0.15, 0.2) is 24.3 Å².